The number of benzene rings is 3. The number of hydrogen-bond acceptors (Lipinski definition) is 4. The number of aromatic nitrogens is 1. The number of carbonyl (C=O) groups is 2. The number of oxazole rings is 1. The molecule has 1 atom stereocenters. The quantitative estimate of drug-likeness (QED) is 0.299. The SMILES string of the molecule is O=C(NC(Cc1ccc2nc(-c3c(Cl)cccc3Cl)oc2c1)C(=O)O)c1c(Cl)cccc1Cl. The smallest absolute Gasteiger partial charge is 0.326 e. The van der Waals surface area contributed by atoms with E-state index in [9.17, 15) is 14.7 Å². The van der Waals surface area contributed by atoms with E-state index >= 15 is 0 Å². The second kappa shape index (κ2) is 9.61. The highest BCUT2D eigenvalue weighted by Crippen LogP contribution is 2.35. The molecule has 0 aliphatic rings. The standard InChI is InChI=1S/C23H14Cl4N2O4/c24-12-3-1-4-13(25)19(12)21(30)28-17(23(31)32)9-11-7-8-16-18(10-11)33-22(29-16)20-14(26)5-2-6-15(20)27/h1-8,10,17H,9H2,(H,28,30)(H,31,32). The summed E-state index contributed by atoms with van der Waals surface area (Å²) in [5, 5.41) is 13.1. The van der Waals surface area contributed by atoms with Crippen LogP contribution >= 0.6 is 46.4 Å². The zero-order chi connectivity index (χ0) is 23.7. The summed E-state index contributed by atoms with van der Waals surface area (Å²) in [6.45, 7) is 0. The monoisotopic (exact) mass is 522 g/mol. The molecule has 0 aliphatic carbocycles. The molecule has 0 fully saturated rings. The van der Waals surface area contributed by atoms with Gasteiger partial charge in [-0.1, -0.05) is 64.6 Å². The molecular formula is C23H14Cl4N2O4. The third-order valence-corrected chi connectivity index (χ3v) is 6.12. The Bertz CT molecular complexity index is 1350. The number of aliphatic carboxylic acids is 1. The van der Waals surface area contributed by atoms with Crippen LogP contribution in [0, 0.1) is 0 Å². The maximum absolute atomic E-state index is 12.6. The number of halogens is 4. The minimum atomic E-state index is -1.23. The summed E-state index contributed by atoms with van der Waals surface area (Å²) in [5.41, 5.74) is 2.05. The fourth-order valence-corrected chi connectivity index (χ4v) is 4.41. The summed E-state index contributed by atoms with van der Waals surface area (Å²) in [7, 11) is 0. The van der Waals surface area contributed by atoms with Gasteiger partial charge >= 0.3 is 5.97 Å². The number of carboxylic acid groups (broad SMARTS) is 1. The normalized spacial score (nSPS) is 12.0. The van der Waals surface area contributed by atoms with Crippen LogP contribution in [0.5, 0.6) is 0 Å². The van der Waals surface area contributed by atoms with E-state index in [-0.39, 0.29) is 27.9 Å². The first-order chi connectivity index (χ1) is 15.7. The van der Waals surface area contributed by atoms with Crippen LogP contribution < -0.4 is 5.32 Å². The van der Waals surface area contributed by atoms with E-state index in [1.165, 1.54) is 12.1 Å². The molecule has 1 aromatic heterocycles. The van der Waals surface area contributed by atoms with Crippen LogP contribution in [-0.2, 0) is 11.2 Å². The van der Waals surface area contributed by atoms with Gasteiger partial charge in [0.15, 0.2) is 5.58 Å². The molecule has 0 spiro atoms. The van der Waals surface area contributed by atoms with Crippen LogP contribution in [0.1, 0.15) is 15.9 Å². The highest BCUT2D eigenvalue weighted by Gasteiger charge is 2.24. The molecule has 0 saturated heterocycles. The number of rotatable bonds is 6. The van der Waals surface area contributed by atoms with Crippen molar-refractivity contribution >= 4 is 69.4 Å². The van der Waals surface area contributed by atoms with Crippen LogP contribution in [0.4, 0.5) is 0 Å². The van der Waals surface area contributed by atoms with Crippen molar-refractivity contribution in [2.45, 2.75) is 12.5 Å². The Balaban J connectivity index is 1.60. The average molecular weight is 524 g/mol. The molecule has 1 amide bonds. The highest BCUT2D eigenvalue weighted by atomic mass is 35.5. The van der Waals surface area contributed by atoms with E-state index in [1.54, 1.807) is 42.5 Å². The van der Waals surface area contributed by atoms with E-state index in [4.69, 9.17) is 50.8 Å². The lowest BCUT2D eigenvalue weighted by atomic mass is 10.0. The molecule has 4 rings (SSSR count). The Labute approximate surface area is 208 Å². The van der Waals surface area contributed by atoms with Gasteiger partial charge in [0.1, 0.15) is 11.6 Å². The van der Waals surface area contributed by atoms with Crippen LogP contribution in [0.3, 0.4) is 0 Å². The molecular weight excluding hydrogens is 510 g/mol. The maximum Gasteiger partial charge on any atom is 0.326 e. The molecule has 168 valence electrons. The van der Waals surface area contributed by atoms with E-state index < -0.39 is 17.9 Å². The number of fused-ring (bicyclic) bond motifs is 1. The Morgan fingerprint density at radius 2 is 1.55 bits per heavy atom. The van der Waals surface area contributed by atoms with Gasteiger partial charge < -0.3 is 14.8 Å². The molecule has 0 aliphatic heterocycles. The fraction of sp³-hybridized carbons (Fsp3) is 0.0870. The Morgan fingerprint density at radius 1 is 0.939 bits per heavy atom. The molecule has 10 heteroatoms. The van der Waals surface area contributed by atoms with Crippen LogP contribution in [0.15, 0.2) is 59.0 Å². The van der Waals surface area contributed by atoms with Crippen molar-refractivity contribution in [3.63, 3.8) is 0 Å². The number of carbonyl (C=O) groups excluding carboxylic acids is 1. The largest absolute Gasteiger partial charge is 0.480 e. The van der Waals surface area contributed by atoms with E-state index in [0.717, 1.165) is 0 Å². The second-order valence-corrected chi connectivity index (χ2v) is 8.71. The van der Waals surface area contributed by atoms with Crippen LogP contribution in [0.2, 0.25) is 20.1 Å². The predicted molar refractivity (Wildman–Crippen MR) is 129 cm³/mol. The van der Waals surface area contributed by atoms with Crippen molar-refractivity contribution in [3.05, 3.63) is 85.8 Å². The first kappa shape index (κ1) is 23.4. The minimum absolute atomic E-state index is 0.0119. The zero-order valence-electron chi connectivity index (χ0n) is 16.6. The summed E-state index contributed by atoms with van der Waals surface area (Å²) in [6.07, 6.45) is -0.0119. The van der Waals surface area contributed by atoms with Crippen molar-refractivity contribution in [1.29, 1.82) is 0 Å². The fourth-order valence-electron chi connectivity index (χ4n) is 3.29. The van der Waals surface area contributed by atoms with Gasteiger partial charge in [0.25, 0.3) is 5.91 Å². The first-order valence-electron chi connectivity index (χ1n) is 9.56. The third kappa shape index (κ3) is 4.94. The summed E-state index contributed by atoms with van der Waals surface area (Å²) in [5.74, 6) is -1.66. The summed E-state index contributed by atoms with van der Waals surface area (Å²) in [4.78, 5) is 28.9. The Morgan fingerprint density at radius 3 is 2.15 bits per heavy atom. The molecule has 4 aromatic rings. The van der Waals surface area contributed by atoms with Crippen molar-refractivity contribution in [3.8, 4) is 11.5 Å². The number of nitrogens with one attached hydrogen (secondary N) is 1. The van der Waals surface area contributed by atoms with Gasteiger partial charge in [-0.05, 0) is 42.0 Å². The molecule has 1 unspecified atom stereocenters. The molecule has 2 N–H and O–H groups in total. The van der Waals surface area contributed by atoms with Gasteiger partial charge in [0.2, 0.25) is 5.89 Å². The van der Waals surface area contributed by atoms with E-state index in [1.807, 2.05) is 0 Å². The van der Waals surface area contributed by atoms with Crippen molar-refractivity contribution in [2.24, 2.45) is 0 Å². The molecule has 1 heterocycles. The first-order valence-corrected chi connectivity index (χ1v) is 11.1. The summed E-state index contributed by atoms with van der Waals surface area (Å²) in [6, 6.07) is 13.5. The molecule has 0 bridgehead atoms. The minimum Gasteiger partial charge on any atom is -0.480 e. The summed E-state index contributed by atoms with van der Waals surface area (Å²) < 4.78 is 5.83. The number of hydrogen-bond donors (Lipinski definition) is 2. The van der Waals surface area contributed by atoms with Crippen LogP contribution in [0.25, 0.3) is 22.6 Å². The number of amides is 1. The average Bonchev–Trinajstić information content (AvgIpc) is 3.15. The lowest BCUT2D eigenvalue weighted by Crippen LogP contribution is -2.42. The van der Waals surface area contributed by atoms with Gasteiger partial charge in [-0.15, -0.1) is 0 Å². The molecule has 0 radical (unpaired) electrons. The van der Waals surface area contributed by atoms with E-state index in [0.29, 0.717) is 32.3 Å². The second-order valence-electron chi connectivity index (χ2n) is 7.08. The highest BCUT2D eigenvalue weighted by molar-refractivity contribution is 6.40. The third-order valence-electron chi connectivity index (χ3n) is 4.86. The van der Waals surface area contributed by atoms with Crippen LogP contribution in [-0.4, -0.2) is 28.0 Å². The van der Waals surface area contributed by atoms with Gasteiger partial charge in [-0.2, -0.15) is 0 Å². The summed E-state index contributed by atoms with van der Waals surface area (Å²) >= 11 is 24.6. The lowest BCUT2D eigenvalue weighted by Gasteiger charge is -2.16. The topological polar surface area (TPSA) is 92.4 Å². The molecule has 33 heavy (non-hydrogen) atoms. The van der Waals surface area contributed by atoms with Gasteiger partial charge in [-0.25, -0.2) is 9.78 Å². The van der Waals surface area contributed by atoms with Gasteiger partial charge in [0.05, 0.1) is 31.2 Å². The molecule has 6 nitrogen and oxygen atoms in total. The zero-order valence-corrected chi connectivity index (χ0v) is 19.6. The molecule has 3 aromatic carbocycles. The van der Waals surface area contributed by atoms with Crippen molar-refractivity contribution < 1.29 is 19.1 Å². The lowest BCUT2D eigenvalue weighted by molar-refractivity contribution is -0.139. The van der Waals surface area contributed by atoms with Crippen molar-refractivity contribution in [2.75, 3.05) is 0 Å². The van der Waals surface area contributed by atoms with Gasteiger partial charge in [-0.3, -0.25) is 4.79 Å². The number of nitrogens with zero attached hydrogens (tertiary/aromatic N) is 1. The number of carboxylic acids is 1. The van der Waals surface area contributed by atoms with Gasteiger partial charge in [0, 0.05) is 6.42 Å². The van der Waals surface area contributed by atoms with Crippen molar-refractivity contribution in [1.82, 2.24) is 10.3 Å². The Hall–Kier alpha value is -2.77. The molecule has 0 saturated carbocycles. The van der Waals surface area contributed by atoms with E-state index in [2.05, 4.69) is 10.3 Å². The maximum atomic E-state index is 12.6. The Kier molecular flexibility index (Phi) is 6.81. The predicted octanol–water partition coefficient (Wildman–Crippen LogP) is 6.53.